The molecule has 28 heavy (non-hydrogen) atoms. The Balaban J connectivity index is 1.30. The minimum atomic E-state index is -0.232. The lowest BCUT2D eigenvalue weighted by molar-refractivity contribution is 0.102. The van der Waals surface area contributed by atoms with E-state index in [1.165, 1.54) is 10.4 Å². The Morgan fingerprint density at radius 3 is 2.86 bits per heavy atom. The molecule has 0 saturated heterocycles. The number of para-hydroxylation sites is 1. The van der Waals surface area contributed by atoms with Crippen LogP contribution in [0.5, 0.6) is 0 Å². The van der Waals surface area contributed by atoms with Gasteiger partial charge < -0.3 is 0 Å². The zero-order valence-electron chi connectivity index (χ0n) is 15.2. The largest absolute Gasteiger partial charge is 0.296 e. The number of H-pyrrole nitrogens is 1. The smallest absolute Gasteiger partial charge is 0.278 e. The number of hydrogen-bond donors (Lipinski definition) is 2. The van der Waals surface area contributed by atoms with Crippen LogP contribution in [-0.2, 0) is 19.5 Å². The summed E-state index contributed by atoms with van der Waals surface area (Å²) in [5.74, 6) is -0.232. The number of aromatic amines is 1. The van der Waals surface area contributed by atoms with Crippen LogP contribution in [-0.4, -0.2) is 32.5 Å². The van der Waals surface area contributed by atoms with Crippen molar-refractivity contribution in [3.05, 3.63) is 76.4 Å². The second-order valence-corrected chi connectivity index (χ2v) is 7.99. The van der Waals surface area contributed by atoms with Crippen LogP contribution in [0.1, 0.15) is 26.6 Å². The molecule has 2 aromatic carbocycles. The molecule has 4 aromatic rings. The summed E-state index contributed by atoms with van der Waals surface area (Å²) in [6.45, 7) is 2.77. The fourth-order valence-electron chi connectivity index (χ4n) is 3.57. The predicted molar refractivity (Wildman–Crippen MR) is 110 cm³/mol. The lowest BCUT2D eigenvalue weighted by atomic mass is 10.1. The summed E-state index contributed by atoms with van der Waals surface area (Å²) in [5, 5.41) is 11.4. The summed E-state index contributed by atoms with van der Waals surface area (Å²) in [7, 11) is 0. The maximum atomic E-state index is 12.7. The standard InChI is InChI=1S/C21H19N5OS/c27-20(19-15-8-4-5-9-16(15)24-25-19)23-21-22-17-10-11-26(13-18(17)28-21)12-14-6-2-1-3-7-14/h1-9H,10-13H2,(H,24,25)(H,22,23,27). The summed E-state index contributed by atoms with van der Waals surface area (Å²) in [6, 6.07) is 18.1. The van der Waals surface area contributed by atoms with E-state index in [4.69, 9.17) is 0 Å². The van der Waals surface area contributed by atoms with E-state index in [0.29, 0.717) is 10.8 Å². The number of nitrogens with zero attached hydrogens (tertiary/aromatic N) is 3. The Morgan fingerprint density at radius 1 is 1.14 bits per heavy atom. The first-order chi connectivity index (χ1) is 13.8. The Hall–Kier alpha value is -3.03. The molecule has 5 rings (SSSR count). The molecule has 140 valence electrons. The number of benzene rings is 2. The average Bonchev–Trinajstić information content (AvgIpc) is 3.32. The topological polar surface area (TPSA) is 73.9 Å². The van der Waals surface area contributed by atoms with Crippen molar-refractivity contribution in [2.24, 2.45) is 0 Å². The maximum absolute atomic E-state index is 12.7. The van der Waals surface area contributed by atoms with Gasteiger partial charge in [0.2, 0.25) is 0 Å². The SMILES string of the molecule is O=C(Nc1nc2c(s1)CN(Cc1ccccc1)CC2)c1n[nH]c2ccccc12. The third-order valence-electron chi connectivity index (χ3n) is 4.97. The van der Waals surface area contributed by atoms with Gasteiger partial charge in [0, 0.05) is 36.3 Å². The van der Waals surface area contributed by atoms with Crippen molar-refractivity contribution in [1.29, 1.82) is 0 Å². The molecule has 0 saturated carbocycles. The van der Waals surface area contributed by atoms with Gasteiger partial charge in [0.1, 0.15) is 0 Å². The van der Waals surface area contributed by atoms with Crippen LogP contribution < -0.4 is 5.32 Å². The van der Waals surface area contributed by atoms with Gasteiger partial charge in [0.25, 0.3) is 5.91 Å². The molecule has 1 amide bonds. The number of hydrogen-bond acceptors (Lipinski definition) is 5. The van der Waals surface area contributed by atoms with Crippen LogP contribution in [0.2, 0.25) is 0 Å². The lowest BCUT2D eigenvalue weighted by Gasteiger charge is -2.25. The van der Waals surface area contributed by atoms with Gasteiger partial charge in [-0.2, -0.15) is 5.10 Å². The number of carbonyl (C=O) groups is 1. The summed E-state index contributed by atoms with van der Waals surface area (Å²) in [4.78, 5) is 21.0. The highest BCUT2D eigenvalue weighted by atomic mass is 32.1. The maximum Gasteiger partial charge on any atom is 0.278 e. The zero-order chi connectivity index (χ0) is 18.9. The van der Waals surface area contributed by atoms with Gasteiger partial charge in [-0.3, -0.25) is 20.1 Å². The van der Waals surface area contributed by atoms with E-state index in [-0.39, 0.29) is 5.91 Å². The molecule has 6 nitrogen and oxygen atoms in total. The Bertz CT molecular complexity index is 1130. The number of amides is 1. The molecule has 2 aromatic heterocycles. The first-order valence-corrected chi connectivity index (χ1v) is 10.1. The van der Waals surface area contributed by atoms with Gasteiger partial charge in [-0.15, -0.1) is 11.3 Å². The number of aromatic nitrogens is 3. The second kappa shape index (κ2) is 7.18. The molecule has 0 aliphatic carbocycles. The first kappa shape index (κ1) is 17.1. The number of thiazole rings is 1. The molecule has 0 bridgehead atoms. The van der Waals surface area contributed by atoms with Crippen molar-refractivity contribution in [2.45, 2.75) is 19.5 Å². The van der Waals surface area contributed by atoms with Gasteiger partial charge in [0.15, 0.2) is 10.8 Å². The Kier molecular flexibility index (Phi) is 4.38. The van der Waals surface area contributed by atoms with Crippen LogP contribution in [0.25, 0.3) is 10.9 Å². The number of anilines is 1. The van der Waals surface area contributed by atoms with Crippen LogP contribution >= 0.6 is 11.3 Å². The molecule has 1 aliphatic rings. The quantitative estimate of drug-likeness (QED) is 0.556. The van der Waals surface area contributed by atoms with Crippen molar-refractivity contribution in [2.75, 3.05) is 11.9 Å². The number of carbonyl (C=O) groups excluding carboxylic acids is 1. The van der Waals surface area contributed by atoms with Crippen molar-refractivity contribution in [3.8, 4) is 0 Å². The van der Waals surface area contributed by atoms with Gasteiger partial charge in [0.05, 0.1) is 11.2 Å². The van der Waals surface area contributed by atoms with E-state index >= 15 is 0 Å². The van der Waals surface area contributed by atoms with E-state index in [1.54, 1.807) is 11.3 Å². The molecule has 7 heteroatoms. The van der Waals surface area contributed by atoms with Crippen molar-refractivity contribution in [3.63, 3.8) is 0 Å². The second-order valence-electron chi connectivity index (χ2n) is 6.91. The van der Waals surface area contributed by atoms with Crippen LogP contribution in [0.3, 0.4) is 0 Å². The zero-order valence-corrected chi connectivity index (χ0v) is 16.0. The monoisotopic (exact) mass is 389 g/mol. The van der Waals surface area contributed by atoms with Gasteiger partial charge in [-0.1, -0.05) is 48.5 Å². The molecule has 0 radical (unpaired) electrons. The average molecular weight is 389 g/mol. The predicted octanol–water partition coefficient (Wildman–Crippen LogP) is 3.83. The van der Waals surface area contributed by atoms with Gasteiger partial charge >= 0.3 is 0 Å². The highest BCUT2D eigenvalue weighted by molar-refractivity contribution is 7.15. The van der Waals surface area contributed by atoms with Crippen molar-refractivity contribution >= 4 is 33.3 Å². The summed E-state index contributed by atoms with van der Waals surface area (Å²) < 4.78 is 0. The highest BCUT2D eigenvalue weighted by Crippen LogP contribution is 2.29. The first-order valence-electron chi connectivity index (χ1n) is 9.25. The minimum Gasteiger partial charge on any atom is -0.296 e. The highest BCUT2D eigenvalue weighted by Gasteiger charge is 2.22. The van der Waals surface area contributed by atoms with E-state index in [9.17, 15) is 4.79 Å². The molecule has 2 N–H and O–H groups in total. The van der Waals surface area contributed by atoms with E-state index < -0.39 is 0 Å². The molecule has 0 fully saturated rings. The lowest BCUT2D eigenvalue weighted by Crippen LogP contribution is -2.29. The number of nitrogens with one attached hydrogen (secondary N) is 2. The van der Waals surface area contributed by atoms with Gasteiger partial charge in [-0.05, 0) is 11.6 Å². The molecule has 0 spiro atoms. The third-order valence-corrected chi connectivity index (χ3v) is 5.96. The molecule has 3 heterocycles. The van der Waals surface area contributed by atoms with E-state index in [1.807, 2.05) is 30.3 Å². The van der Waals surface area contributed by atoms with Crippen molar-refractivity contribution < 1.29 is 4.79 Å². The molecular formula is C21H19N5OS. The summed E-state index contributed by atoms with van der Waals surface area (Å²) in [6.07, 6.45) is 0.903. The summed E-state index contributed by atoms with van der Waals surface area (Å²) >= 11 is 1.56. The van der Waals surface area contributed by atoms with E-state index in [2.05, 4.69) is 49.7 Å². The van der Waals surface area contributed by atoms with Gasteiger partial charge in [-0.25, -0.2) is 4.98 Å². The van der Waals surface area contributed by atoms with Crippen molar-refractivity contribution in [1.82, 2.24) is 20.1 Å². The molecule has 0 unspecified atom stereocenters. The molecule has 1 aliphatic heterocycles. The molecular weight excluding hydrogens is 370 g/mol. The molecule has 0 atom stereocenters. The number of fused-ring (bicyclic) bond motifs is 2. The minimum absolute atomic E-state index is 0.232. The van der Waals surface area contributed by atoms with Crippen LogP contribution in [0, 0.1) is 0 Å². The Labute approximate surface area is 166 Å². The fraction of sp³-hybridized carbons (Fsp3) is 0.190. The fourth-order valence-corrected chi connectivity index (χ4v) is 4.62. The Morgan fingerprint density at radius 2 is 1.96 bits per heavy atom. The van der Waals surface area contributed by atoms with E-state index in [0.717, 1.165) is 42.7 Å². The summed E-state index contributed by atoms with van der Waals surface area (Å²) in [5.41, 5.74) is 3.66. The van der Waals surface area contributed by atoms with Crippen LogP contribution in [0.15, 0.2) is 54.6 Å². The third kappa shape index (κ3) is 3.30. The normalized spacial score (nSPS) is 14.1. The van der Waals surface area contributed by atoms with Crippen LogP contribution in [0.4, 0.5) is 5.13 Å². The number of rotatable bonds is 4.